The first-order valence-electron chi connectivity index (χ1n) is 6.28. The minimum atomic E-state index is -0.434. The van der Waals surface area contributed by atoms with Gasteiger partial charge in [0.15, 0.2) is 11.8 Å². The molecule has 21 heavy (non-hydrogen) atoms. The van der Waals surface area contributed by atoms with E-state index in [4.69, 9.17) is 4.74 Å². The van der Waals surface area contributed by atoms with Crippen molar-refractivity contribution in [2.75, 3.05) is 12.4 Å². The Morgan fingerprint density at radius 1 is 1.57 bits per heavy atom. The van der Waals surface area contributed by atoms with E-state index in [-0.39, 0.29) is 24.4 Å². The van der Waals surface area contributed by atoms with Gasteiger partial charge in [-0.25, -0.2) is 10.4 Å². The van der Waals surface area contributed by atoms with E-state index in [2.05, 4.69) is 20.5 Å². The molecule has 8 nitrogen and oxygen atoms in total. The molecular formula is C12H15N5O3S. The Balaban J connectivity index is 1.85. The summed E-state index contributed by atoms with van der Waals surface area (Å²) in [5.41, 5.74) is 2.36. The van der Waals surface area contributed by atoms with E-state index < -0.39 is 5.91 Å². The van der Waals surface area contributed by atoms with E-state index in [1.807, 2.05) is 13.8 Å². The smallest absolute Gasteiger partial charge is 0.278 e. The molecule has 1 saturated heterocycles. The molecule has 0 saturated carbocycles. The number of amidine groups is 1. The fourth-order valence-electron chi connectivity index (χ4n) is 1.61. The normalized spacial score (nSPS) is 16.6. The predicted molar refractivity (Wildman–Crippen MR) is 77.5 cm³/mol. The second-order valence-electron chi connectivity index (χ2n) is 4.41. The molecule has 9 heteroatoms. The third-order valence-electron chi connectivity index (χ3n) is 2.48. The third kappa shape index (κ3) is 4.15. The van der Waals surface area contributed by atoms with E-state index in [0.717, 1.165) is 0 Å². The molecule has 0 bridgehead atoms. The van der Waals surface area contributed by atoms with Crippen LogP contribution in [0.3, 0.4) is 0 Å². The molecule has 0 spiro atoms. The summed E-state index contributed by atoms with van der Waals surface area (Å²) in [6.07, 6.45) is 4.38. The number of nitrogens with zero attached hydrogens (tertiary/aromatic N) is 4. The number of thioether (sulfide) groups is 1. The number of rotatable bonds is 5. The quantitative estimate of drug-likeness (QED) is 0.782. The van der Waals surface area contributed by atoms with Gasteiger partial charge in [-0.15, -0.1) is 5.10 Å². The van der Waals surface area contributed by atoms with Gasteiger partial charge in [0, 0.05) is 18.4 Å². The van der Waals surface area contributed by atoms with Crippen molar-refractivity contribution in [2.45, 2.75) is 19.9 Å². The molecule has 112 valence electrons. The van der Waals surface area contributed by atoms with Crippen LogP contribution in [0.1, 0.15) is 13.8 Å². The zero-order valence-corrected chi connectivity index (χ0v) is 12.5. The molecule has 0 unspecified atom stereocenters. The van der Waals surface area contributed by atoms with Gasteiger partial charge in [0.25, 0.3) is 5.91 Å². The highest BCUT2D eigenvalue weighted by Crippen LogP contribution is 2.21. The summed E-state index contributed by atoms with van der Waals surface area (Å²) >= 11 is 1.29. The number of amides is 2. The zero-order valence-electron chi connectivity index (χ0n) is 11.6. The fourth-order valence-corrected chi connectivity index (χ4v) is 2.56. The van der Waals surface area contributed by atoms with Crippen molar-refractivity contribution in [3.63, 3.8) is 0 Å². The number of carbonyl (C=O) groups is 2. The molecule has 1 fully saturated rings. The molecule has 0 aliphatic carbocycles. The van der Waals surface area contributed by atoms with E-state index in [1.54, 1.807) is 4.90 Å². The molecule has 0 radical (unpaired) electrons. The Labute approximate surface area is 126 Å². The number of hydrazone groups is 1. The van der Waals surface area contributed by atoms with Crippen LogP contribution in [0.5, 0.6) is 5.88 Å². The topological polar surface area (TPSA) is 96.8 Å². The number of aromatic nitrogens is 2. The third-order valence-corrected chi connectivity index (χ3v) is 3.42. The Kier molecular flexibility index (Phi) is 5.09. The van der Waals surface area contributed by atoms with Crippen molar-refractivity contribution in [2.24, 2.45) is 5.10 Å². The van der Waals surface area contributed by atoms with Gasteiger partial charge in [-0.2, -0.15) is 0 Å². The zero-order chi connectivity index (χ0) is 15.2. The van der Waals surface area contributed by atoms with Crippen molar-refractivity contribution in [1.82, 2.24) is 20.3 Å². The molecule has 2 rings (SSSR count). The van der Waals surface area contributed by atoms with Crippen LogP contribution in [-0.2, 0) is 9.59 Å². The van der Waals surface area contributed by atoms with Crippen molar-refractivity contribution in [3.05, 3.63) is 18.6 Å². The predicted octanol–water partition coefficient (Wildman–Crippen LogP) is 0.226. The van der Waals surface area contributed by atoms with Gasteiger partial charge >= 0.3 is 0 Å². The highest BCUT2D eigenvalue weighted by molar-refractivity contribution is 8.15. The maximum absolute atomic E-state index is 11.7. The molecular weight excluding hydrogens is 294 g/mol. The number of ether oxygens (including phenoxy) is 1. The van der Waals surface area contributed by atoms with Crippen LogP contribution in [0.15, 0.2) is 23.7 Å². The van der Waals surface area contributed by atoms with Gasteiger partial charge in [0.05, 0.1) is 11.9 Å². The first-order chi connectivity index (χ1) is 10.1. The van der Waals surface area contributed by atoms with Crippen molar-refractivity contribution in [3.8, 4) is 5.88 Å². The number of carbonyl (C=O) groups excluding carboxylic acids is 2. The van der Waals surface area contributed by atoms with Crippen LogP contribution >= 0.6 is 11.8 Å². The molecule has 2 amide bonds. The van der Waals surface area contributed by atoms with Crippen LogP contribution < -0.4 is 10.2 Å². The number of hydrogen-bond acceptors (Lipinski definition) is 7. The molecule has 0 atom stereocenters. The second-order valence-corrected chi connectivity index (χ2v) is 5.35. The summed E-state index contributed by atoms with van der Waals surface area (Å²) in [6, 6.07) is -0.000930. The Hall–Kier alpha value is -2.16. The highest BCUT2D eigenvalue weighted by Gasteiger charge is 2.30. The Bertz CT molecular complexity index is 549. The summed E-state index contributed by atoms with van der Waals surface area (Å²) in [7, 11) is 0. The van der Waals surface area contributed by atoms with Crippen molar-refractivity contribution in [1.29, 1.82) is 0 Å². The summed E-state index contributed by atoms with van der Waals surface area (Å²) < 4.78 is 5.14. The maximum atomic E-state index is 11.7. The summed E-state index contributed by atoms with van der Waals surface area (Å²) in [5.74, 6) is 0.147. The van der Waals surface area contributed by atoms with Gasteiger partial charge in [-0.3, -0.25) is 19.5 Å². The van der Waals surface area contributed by atoms with E-state index in [1.165, 1.54) is 30.4 Å². The molecule has 1 aliphatic rings. The lowest BCUT2D eigenvalue weighted by atomic mass is 10.3. The molecule has 1 aliphatic heterocycles. The minimum absolute atomic E-state index is 0.000930. The minimum Gasteiger partial charge on any atom is -0.466 e. The highest BCUT2D eigenvalue weighted by atomic mass is 32.2. The summed E-state index contributed by atoms with van der Waals surface area (Å²) in [5, 5.41) is 4.45. The SMILES string of the molecule is CC(C)N1C(=O)CS/C1=N/NC(=O)COc1cnccn1. The van der Waals surface area contributed by atoms with Crippen LogP contribution in [0.4, 0.5) is 0 Å². The van der Waals surface area contributed by atoms with Crippen LogP contribution in [0.2, 0.25) is 0 Å². The van der Waals surface area contributed by atoms with Crippen molar-refractivity contribution >= 4 is 28.7 Å². The van der Waals surface area contributed by atoms with E-state index >= 15 is 0 Å². The largest absolute Gasteiger partial charge is 0.466 e. The van der Waals surface area contributed by atoms with Gasteiger partial charge < -0.3 is 4.74 Å². The molecule has 1 aromatic rings. The van der Waals surface area contributed by atoms with Gasteiger partial charge in [0.1, 0.15) is 0 Å². The van der Waals surface area contributed by atoms with Crippen LogP contribution in [0, 0.1) is 0 Å². The number of nitrogens with one attached hydrogen (secondary N) is 1. The Morgan fingerprint density at radius 2 is 2.38 bits per heavy atom. The Morgan fingerprint density at radius 3 is 3.05 bits per heavy atom. The van der Waals surface area contributed by atoms with Crippen LogP contribution in [-0.4, -0.2) is 50.3 Å². The van der Waals surface area contributed by atoms with E-state index in [9.17, 15) is 9.59 Å². The molecule has 1 aromatic heterocycles. The lowest BCUT2D eigenvalue weighted by Crippen LogP contribution is -2.37. The summed E-state index contributed by atoms with van der Waals surface area (Å²) in [6.45, 7) is 3.55. The monoisotopic (exact) mass is 309 g/mol. The van der Waals surface area contributed by atoms with Gasteiger partial charge in [0.2, 0.25) is 11.8 Å². The lowest BCUT2D eigenvalue weighted by Gasteiger charge is -2.19. The average molecular weight is 309 g/mol. The lowest BCUT2D eigenvalue weighted by molar-refractivity contribution is -0.125. The molecule has 1 N–H and O–H groups in total. The maximum Gasteiger partial charge on any atom is 0.278 e. The molecule has 0 aromatic carbocycles. The van der Waals surface area contributed by atoms with Crippen molar-refractivity contribution < 1.29 is 14.3 Å². The second kappa shape index (κ2) is 7.02. The molecule has 2 heterocycles. The number of hydrogen-bond donors (Lipinski definition) is 1. The van der Waals surface area contributed by atoms with Gasteiger partial charge in [-0.1, -0.05) is 11.8 Å². The first-order valence-corrected chi connectivity index (χ1v) is 7.26. The van der Waals surface area contributed by atoms with E-state index in [0.29, 0.717) is 10.9 Å². The van der Waals surface area contributed by atoms with Crippen LogP contribution in [0.25, 0.3) is 0 Å². The summed E-state index contributed by atoms with van der Waals surface area (Å²) in [4.78, 5) is 32.5. The standard InChI is InChI=1S/C12H15N5O3S/c1-8(2)17-11(19)7-21-12(17)16-15-9(18)6-20-10-5-13-3-4-14-10/h3-5,8H,6-7H2,1-2H3,(H,15,18)/b16-12+. The van der Waals surface area contributed by atoms with Gasteiger partial charge in [-0.05, 0) is 13.8 Å². The first kappa shape index (κ1) is 15.2. The fraction of sp³-hybridized carbons (Fsp3) is 0.417. The average Bonchev–Trinajstić information content (AvgIpc) is 2.85.